The molecule has 4 atom stereocenters. The second-order valence-corrected chi connectivity index (χ2v) is 17.9. The Morgan fingerprint density at radius 3 is 1.67 bits per heavy atom. The van der Waals surface area contributed by atoms with Gasteiger partial charge in [-0.1, -0.05) is 47.8 Å². The van der Waals surface area contributed by atoms with Crippen molar-refractivity contribution in [2.45, 2.75) is 135 Å². The maximum atomic E-state index is 14.3. The van der Waals surface area contributed by atoms with Gasteiger partial charge in [-0.25, -0.2) is 33.4 Å². The summed E-state index contributed by atoms with van der Waals surface area (Å²) in [6, 6.07) is -0.988. The number of halogens is 10. The number of amides is 2. The maximum Gasteiger partial charge on any atom is 0.495 e. The van der Waals surface area contributed by atoms with E-state index in [-0.39, 0.29) is 59.6 Å². The molecule has 2 aliphatic rings. The van der Waals surface area contributed by atoms with Crippen LogP contribution in [0.5, 0.6) is 0 Å². The topological polar surface area (TPSA) is 210 Å². The number of ether oxygens (including phenoxy) is 9. The molecule has 0 aromatic rings. The second kappa shape index (κ2) is 23.4. The third kappa shape index (κ3) is 21.7. The summed E-state index contributed by atoms with van der Waals surface area (Å²) in [5, 5.41) is 4.61. The predicted octanol–water partition coefficient (Wildman–Crippen LogP) is 7.82. The van der Waals surface area contributed by atoms with E-state index < -0.39 is 134 Å². The molecule has 4 unspecified atom stereocenters. The molecule has 67 heavy (non-hydrogen) atoms. The molecule has 2 saturated carbocycles. The zero-order valence-corrected chi connectivity index (χ0v) is 40.0. The Balaban J connectivity index is 0.0000224. The standard InChI is InChI=1S/C39H52F10N2O15.W/c1-9-25(52)60-21-62-28(55)16-33(7)13-23(12-31(3,4)17-33)11-27(54)58-19-36(42,43)65-39(48,49)66-38(46,47)37(44,45)64-35(40,41)20-59-29(56)50-24-14-32(5,6)18-34(8,15-24)51-30(57)63-22-61-26(53)10-2;/h9-10,23-24H,1-2,11-22H2,3-8H3,(H,50,56)(H,51,57);. The Kier molecular flexibility index (Phi) is 21.2. The minimum atomic E-state index is -6.86. The normalized spacial score (nSPS) is 22.9. The summed E-state index contributed by atoms with van der Waals surface area (Å²) in [5.41, 5.74) is -3.29. The minimum Gasteiger partial charge on any atom is -0.456 e. The van der Waals surface area contributed by atoms with Crippen molar-refractivity contribution in [1.29, 1.82) is 0 Å². The van der Waals surface area contributed by atoms with E-state index in [4.69, 9.17) is 9.47 Å². The van der Waals surface area contributed by atoms with Gasteiger partial charge in [0.1, 0.15) is 0 Å². The van der Waals surface area contributed by atoms with Crippen LogP contribution in [0, 0.1) is 22.2 Å². The summed E-state index contributed by atoms with van der Waals surface area (Å²) in [6.07, 6.45) is -32.1. The molecule has 384 valence electrons. The summed E-state index contributed by atoms with van der Waals surface area (Å²) >= 11 is 0. The molecule has 0 aromatic carbocycles. The molecule has 0 spiro atoms. The third-order valence-electron chi connectivity index (χ3n) is 9.69. The van der Waals surface area contributed by atoms with Crippen molar-refractivity contribution in [3.8, 4) is 0 Å². The first-order valence-electron chi connectivity index (χ1n) is 19.6. The third-order valence-corrected chi connectivity index (χ3v) is 9.69. The monoisotopic (exact) mass is 1160 g/mol. The van der Waals surface area contributed by atoms with Crippen LogP contribution in [0.2, 0.25) is 0 Å². The first-order valence-corrected chi connectivity index (χ1v) is 19.6. The summed E-state index contributed by atoms with van der Waals surface area (Å²) in [4.78, 5) is 71.7. The smallest absolute Gasteiger partial charge is 0.456 e. The van der Waals surface area contributed by atoms with Crippen LogP contribution in [0.3, 0.4) is 0 Å². The van der Waals surface area contributed by atoms with Gasteiger partial charge in [-0.05, 0) is 67.6 Å². The number of esters is 4. The second-order valence-electron chi connectivity index (χ2n) is 17.9. The van der Waals surface area contributed by atoms with Gasteiger partial charge in [-0.3, -0.25) is 9.59 Å². The number of hydrogen-bond donors (Lipinski definition) is 2. The Hall–Kier alpha value is -4.23. The fourth-order valence-electron chi connectivity index (χ4n) is 8.43. The molecule has 0 radical (unpaired) electrons. The van der Waals surface area contributed by atoms with Crippen molar-refractivity contribution in [1.82, 2.24) is 10.6 Å². The van der Waals surface area contributed by atoms with E-state index in [1.54, 1.807) is 34.6 Å². The molecule has 2 rings (SSSR count). The number of carbonyl (C=O) groups is 6. The Morgan fingerprint density at radius 1 is 0.597 bits per heavy atom. The van der Waals surface area contributed by atoms with Gasteiger partial charge in [0.15, 0.2) is 13.2 Å². The van der Waals surface area contributed by atoms with Crippen LogP contribution in [0.1, 0.15) is 92.9 Å². The predicted molar refractivity (Wildman–Crippen MR) is 200 cm³/mol. The molecule has 0 heterocycles. The largest absolute Gasteiger partial charge is 0.495 e. The molecule has 0 aliphatic heterocycles. The number of alkyl carbamates (subject to hydrolysis) is 2. The quantitative estimate of drug-likeness (QED) is 0.0329. The fourth-order valence-corrected chi connectivity index (χ4v) is 8.43. The summed E-state index contributed by atoms with van der Waals surface area (Å²) < 4.78 is 177. The molecule has 17 nitrogen and oxygen atoms in total. The van der Waals surface area contributed by atoms with E-state index in [0.29, 0.717) is 6.42 Å². The zero-order chi connectivity index (χ0) is 50.8. The number of rotatable bonds is 23. The molecule has 2 N–H and O–H groups in total. The van der Waals surface area contributed by atoms with Gasteiger partial charge in [0, 0.05) is 51.2 Å². The van der Waals surface area contributed by atoms with Crippen molar-refractivity contribution in [2.75, 3.05) is 26.8 Å². The Bertz CT molecular complexity index is 1790. The van der Waals surface area contributed by atoms with Gasteiger partial charge in [-0.2, -0.15) is 35.1 Å². The van der Waals surface area contributed by atoms with Crippen molar-refractivity contribution < 1.29 is 136 Å². The van der Waals surface area contributed by atoms with Gasteiger partial charge in [0.2, 0.25) is 13.6 Å². The molecule has 0 saturated heterocycles. The van der Waals surface area contributed by atoms with Crippen LogP contribution in [0.15, 0.2) is 25.3 Å². The van der Waals surface area contributed by atoms with Crippen LogP contribution >= 0.6 is 0 Å². The van der Waals surface area contributed by atoms with Crippen molar-refractivity contribution in [3.63, 3.8) is 0 Å². The zero-order valence-electron chi connectivity index (χ0n) is 37.0. The van der Waals surface area contributed by atoms with Gasteiger partial charge in [0.05, 0.1) is 6.42 Å². The van der Waals surface area contributed by atoms with Crippen LogP contribution in [-0.4, -0.2) is 105 Å². The number of carbonyl (C=O) groups excluding carboxylic acids is 6. The Morgan fingerprint density at radius 2 is 1.10 bits per heavy atom. The summed E-state index contributed by atoms with van der Waals surface area (Å²) in [5.74, 6) is -4.66. The van der Waals surface area contributed by atoms with E-state index in [2.05, 4.69) is 56.9 Å². The number of alkyl halides is 10. The van der Waals surface area contributed by atoms with Gasteiger partial charge < -0.3 is 39.1 Å². The average Bonchev–Trinajstić information content (AvgIpc) is 3.09. The fraction of sp³-hybridized carbons (Fsp3) is 0.744. The summed E-state index contributed by atoms with van der Waals surface area (Å²) in [6.45, 7) is 9.91. The van der Waals surface area contributed by atoms with E-state index in [1.807, 2.05) is 0 Å². The summed E-state index contributed by atoms with van der Waals surface area (Å²) in [7, 11) is 0. The van der Waals surface area contributed by atoms with Gasteiger partial charge in [0.25, 0.3) is 0 Å². The van der Waals surface area contributed by atoms with Crippen molar-refractivity contribution in [3.05, 3.63) is 25.3 Å². The number of nitrogens with one attached hydrogen (secondary N) is 2. The van der Waals surface area contributed by atoms with E-state index in [0.717, 1.165) is 12.2 Å². The van der Waals surface area contributed by atoms with Crippen LogP contribution in [0.4, 0.5) is 53.5 Å². The molecule has 2 aliphatic carbocycles. The molecule has 2 amide bonds. The van der Waals surface area contributed by atoms with Crippen molar-refractivity contribution >= 4 is 36.1 Å². The average molecular weight is 1160 g/mol. The molecular formula is C39H52F10N2O15W. The minimum absolute atomic E-state index is 0. The van der Waals surface area contributed by atoms with E-state index in [9.17, 15) is 72.7 Å². The molecule has 2 fully saturated rings. The van der Waals surface area contributed by atoms with Gasteiger partial charge >= 0.3 is 66.8 Å². The first kappa shape index (κ1) is 60.8. The number of hydrogen-bond acceptors (Lipinski definition) is 15. The van der Waals surface area contributed by atoms with E-state index in [1.165, 1.54) is 6.92 Å². The van der Waals surface area contributed by atoms with E-state index >= 15 is 0 Å². The van der Waals surface area contributed by atoms with Crippen LogP contribution in [0.25, 0.3) is 0 Å². The van der Waals surface area contributed by atoms with Crippen LogP contribution < -0.4 is 10.6 Å². The Labute approximate surface area is 391 Å². The van der Waals surface area contributed by atoms with Gasteiger partial charge in [-0.15, -0.1) is 8.78 Å². The molecule has 28 heteroatoms. The first-order chi connectivity index (χ1) is 29.8. The maximum absolute atomic E-state index is 14.3. The molecule has 0 bridgehead atoms. The molecule has 0 aromatic heterocycles. The SMILES string of the molecule is C=CC(=O)OCOC(=O)CC1(C)CC(CC(=O)OCC(F)(F)OC(F)(F)OC(F)(F)C(F)(F)OC(F)(F)COC(=O)NC2CC(C)(C)CC(C)(NC(=O)OCOC(=O)C=C)C2)CC(C)(C)C1.[W]. The molecular weight excluding hydrogens is 1110 g/mol. The van der Waals surface area contributed by atoms with Crippen LogP contribution in [-0.2, 0) is 82.9 Å². The van der Waals surface area contributed by atoms with Crippen molar-refractivity contribution in [2.24, 2.45) is 22.2 Å².